The molecule has 0 saturated heterocycles. The number of esters is 1. The molecule has 0 amide bonds. The van der Waals surface area contributed by atoms with E-state index in [0.29, 0.717) is 19.4 Å². The average molecular weight is 287 g/mol. The van der Waals surface area contributed by atoms with Crippen molar-refractivity contribution in [2.75, 3.05) is 13.7 Å². The van der Waals surface area contributed by atoms with Crippen molar-refractivity contribution in [2.24, 2.45) is 0 Å². The number of carbonyl (C=O) groups is 1. The summed E-state index contributed by atoms with van der Waals surface area (Å²) in [7, 11) is 1.39. The van der Waals surface area contributed by atoms with Gasteiger partial charge in [0.2, 0.25) is 0 Å². The summed E-state index contributed by atoms with van der Waals surface area (Å²) in [5, 5.41) is 0. The van der Waals surface area contributed by atoms with Gasteiger partial charge in [-0.05, 0) is 37.1 Å². The third kappa shape index (κ3) is 4.23. The van der Waals surface area contributed by atoms with Gasteiger partial charge in [-0.15, -0.1) is 0 Å². The number of hydrogen-bond donors (Lipinski definition) is 0. The molecule has 0 spiro atoms. The summed E-state index contributed by atoms with van der Waals surface area (Å²) >= 11 is 3.39. The molecule has 16 heavy (non-hydrogen) atoms. The van der Waals surface area contributed by atoms with Gasteiger partial charge in [-0.1, -0.05) is 15.9 Å². The van der Waals surface area contributed by atoms with Crippen LogP contribution in [0.3, 0.4) is 0 Å². The molecule has 0 aliphatic rings. The molecule has 0 bridgehead atoms. The molecule has 0 heterocycles. The van der Waals surface area contributed by atoms with Crippen LogP contribution in [0.5, 0.6) is 5.75 Å². The molecule has 0 unspecified atom stereocenters. The van der Waals surface area contributed by atoms with Crippen LogP contribution >= 0.6 is 15.9 Å². The van der Waals surface area contributed by atoms with Gasteiger partial charge in [-0.2, -0.15) is 0 Å². The maximum atomic E-state index is 10.9. The first kappa shape index (κ1) is 13.0. The van der Waals surface area contributed by atoms with E-state index in [1.165, 1.54) is 7.11 Å². The van der Waals surface area contributed by atoms with E-state index in [4.69, 9.17) is 4.74 Å². The first-order valence-corrected chi connectivity index (χ1v) is 5.88. The normalized spacial score (nSPS) is 9.94. The lowest BCUT2D eigenvalue weighted by Gasteiger charge is -2.08. The maximum absolute atomic E-state index is 10.9. The lowest BCUT2D eigenvalue weighted by molar-refractivity contribution is -0.140. The molecule has 1 aromatic carbocycles. The van der Waals surface area contributed by atoms with E-state index >= 15 is 0 Å². The zero-order chi connectivity index (χ0) is 12.0. The Bertz CT molecular complexity index is 363. The molecule has 0 saturated carbocycles. The van der Waals surface area contributed by atoms with Crippen LogP contribution in [0.2, 0.25) is 0 Å². The molecule has 0 aliphatic carbocycles. The molecular weight excluding hydrogens is 272 g/mol. The smallest absolute Gasteiger partial charge is 0.305 e. The molecular formula is C12H15BrO3. The van der Waals surface area contributed by atoms with Crippen molar-refractivity contribution in [1.29, 1.82) is 0 Å². The highest BCUT2D eigenvalue weighted by atomic mass is 79.9. The summed E-state index contributed by atoms with van der Waals surface area (Å²) in [6.45, 7) is 2.51. The monoisotopic (exact) mass is 286 g/mol. The Hall–Kier alpha value is -1.03. The van der Waals surface area contributed by atoms with Gasteiger partial charge in [-0.3, -0.25) is 4.79 Å². The molecule has 88 valence electrons. The quantitative estimate of drug-likeness (QED) is 0.616. The van der Waals surface area contributed by atoms with Gasteiger partial charge in [0.05, 0.1) is 13.7 Å². The molecule has 0 aromatic heterocycles. The number of rotatable bonds is 5. The number of ether oxygens (including phenoxy) is 2. The van der Waals surface area contributed by atoms with Gasteiger partial charge >= 0.3 is 5.97 Å². The van der Waals surface area contributed by atoms with E-state index in [0.717, 1.165) is 15.8 Å². The van der Waals surface area contributed by atoms with Gasteiger partial charge in [-0.25, -0.2) is 0 Å². The zero-order valence-corrected chi connectivity index (χ0v) is 11.0. The molecule has 1 aromatic rings. The van der Waals surface area contributed by atoms with Crippen LogP contribution < -0.4 is 4.74 Å². The summed E-state index contributed by atoms with van der Waals surface area (Å²) in [5.41, 5.74) is 1.08. The second-order valence-electron chi connectivity index (χ2n) is 3.44. The SMILES string of the molecule is COC(=O)CCCOc1ccc(Br)cc1C. The number of benzene rings is 1. The Morgan fingerprint density at radius 2 is 2.19 bits per heavy atom. The topological polar surface area (TPSA) is 35.5 Å². The highest BCUT2D eigenvalue weighted by Gasteiger charge is 2.02. The highest BCUT2D eigenvalue weighted by Crippen LogP contribution is 2.22. The van der Waals surface area contributed by atoms with Crippen LogP contribution in [0.15, 0.2) is 22.7 Å². The van der Waals surface area contributed by atoms with Crippen molar-refractivity contribution in [2.45, 2.75) is 19.8 Å². The van der Waals surface area contributed by atoms with E-state index in [2.05, 4.69) is 20.7 Å². The minimum absolute atomic E-state index is 0.198. The van der Waals surface area contributed by atoms with Gasteiger partial charge in [0.1, 0.15) is 5.75 Å². The molecule has 3 nitrogen and oxygen atoms in total. The first-order valence-electron chi connectivity index (χ1n) is 5.09. The zero-order valence-electron chi connectivity index (χ0n) is 9.46. The summed E-state index contributed by atoms with van der Waals surface area (Å²) in [6, 6.07) is 5.84. The van der Waals surface area contributed by atoms with Gasteiger partial charge in [0.25, 0.3) is 0 Å². The summed E-state index contributed by atoms with van der Waals surface area (Å²) in [4.78, 5) is 10.9. The Kier molecular flexibility index (Phi) is 5.32. The largest absolute Gasteiger partial charge is 0.493 e. The Labute approximate surface area is 104 Å². The molecule has 0 fully saturated rings. The molecule has 0 aliphatic heterocycles. The average Bonchev–Trinajstić information content (AvgIpc) is 2.26. The fraction of sp³-hybridized carbons (Fsp3) is 0.417. The fourth-order valence-corrected chi connectivity index (χ4v) is 1.75. The number of aryl methyl sites for hydroxylation is 1. The van der Waals surface area contributed by atoms with Crippen molar-refractivity contribution in [1.82, 2.24) is 0 Å². The van der Waals surface area contributed by atoms with Crippen LogP contribution in [0, 0.1) is 6.92 Å². The minimum Gasteiger partial charge on any atom is -0.493 e. The van der Waals surface area contributed by atoms with Crippen LogP contribution in [-0.4, -0.2) is 19.7 Å². The van der Waals surface area contributed by atoms with Crippen LogP contribution in [0.1, 0.15) is 18.4 Å². The lowest BCUT2D eigenvalue weighted by Crippen LogP contribution is -2.05. The Balaban J connectivity index is 2.35. The molecule has 0 atom stereocenters. The van der Waals surface area contributed by atoms with Crippen molar-refractivity contribution < 1.29 is 14.3 Å². The summed E-state index contributed by atoms with van der Waals surface area (Å²) in [5.74, 6) is 0.657. The molecule has 1 rings (SSSR count). The molecule has 0 N–H and O–H groups in total. The van der Waals surface area contributed by atoms with E-state index in [1.807, 2.05) is 25.1 Å². The third-order valence-corrected chi connectivity index (χ3v) is 2.64. The van der Waals surface area contributed by atoms with Crippen molar-refractivity contribution in [3.8, 4) is 5.75 Å². The Morgan fingerprint density at radius 1 is 1.44 bits per heavy atom. The van der Waals surface area contributed by atoms with Crippen molar-refractivity contribution >= 4 is 21.9 Å². The van der Waals surface area contributed by atoms with E-state index in [1.54, 1.807) is 0 Å². The van der Waals surface area contributed by atoms with Crippen molar-refractivity contribution in [3.63, 3.8) is 0 Å². The maximum Gasteiger partial charge on any atom is 0.305 e. The fourth-order valence-electron chi connectivity index (χ4n) is 1.28. The minimum atomic E-state index is -0.198. The number of halogens is 1. The van der Waals surface area contributed by atoms with Crippen LogP contribution in [-0.2, 0) is 9.53 Å². The second-order valence-corrected chi connectivity index (χ2v) is 4.35. The van der Waals surface area contributed by atoms with E-state index in [-0.39, 0.29) is 5.97 Å². The van der Waals surface area contributed by atoms with Crippen LogP contribution in [0.25, 0.3) is 0 Å². The van der Waals surface area contributed by atoms with Crippen molar-refractivity contribution in [3.05, 3.63) is 28.2 Å². The van der Waals surface area contributed by atoms with Gasteiger partial charge < -0.3 is 9.47 Å². The molecule has 4 heteroatoms. The number of carbonyl (C=O) groups excluding carboxylic acids is 1. The van der Waals surface area contributed by atoms with E-state index in [9.17, 15) is 4.79 Å². The summed E-state index contributed by atoms with van der Waals surface area (Å²) < 4.78 is 11.1. The van der Waals surface area contributed by atoms with Gasteiger partial charge in [0.15, 0.2) is 0 Å². The first-order chi connectivity index (χ1) is 7.63. The van der Waals surface area contributed by atoms with Crippen LogP contribution in [0.4, 0.5) is 0 Å². The highest BCUT2D eigenvalue weighted by molar-refractivity contribution is 9.10. The molecule has 0 radical (unpaired) electrons. The number of methoxy groups -OCH3 is 1. The van der Waals surface area contributed by atoms with Gasteiger partial charge in [0, 0.05) is 10.9 Å². The third-order valence-electron chi connectivity index (χ3n) is 2.15. The second kappa shape index (κ2) is 6.53. The summed E-state index contributed by atoms with van der Waals surface area (Å²) in [6.07, 6.45) is 1.06. The predicted octanol–water partition coefficient (Wildman–Crippen LogP) is 3.09. The van der Waals surface area contributed by atoms with E-state index < -0.39 is 0 Å². The number of hydrogen-bond acceptors (Lipinski definition) is 3. The standard InChI is InChI=1S/C12H15BrO3/c1-9-8-10(13)5-6-11(9)16-7-3-4-12(14)15-2/h5-6,8H,3-4,7H2,1-2H3. The predicted molar refractivity (Wildman–Crippen MR) is 65.6 cm³/mol. The lowest BCUT2D eigenvalue weighted by atomic mass is 10.2. The Morgan fingerprint density at radius 3 is 2.81 bits per heavy atom.